The molecule has 0 saturated heterocycles. The summed E-state index contributed by atoms with van der Waals surface area (Å²) >= 11 is 12.4. The van der Waals surface area contributed by atoms with Crippen molar-refractivity contribution in [3.63, 3.8) is 0 Å². The number of aryl methyl sites for hydroxylation is 1. The summed E-state index contributed by atoms with van der Waals surface area (Å²) in [6, 6.07) is 12.9. The third kappa shape index (κ3) is 3.17. The van der Waals surface area contributed by atoms with Gasteiger partial charge in [0.05, 0.1) is 0 Å². The van der Waals surface area contributed by atoms with Gasteiger partial charge in [0.1, 0.15) is 0 Å². The van der Waals surface area contributed by atoms with Gasteiger partial charge < -0.3 is 5.32 Å². The van der Waals surface area contributed by atoms with E-state index in [1.165, 1.54) is 24.0 Å². The molecule has 1 N–H and O–H groups in total. The van der Waals surface area contributed by atoms with Gasteiger partial charge in [0.25, 0.3) is 0 Å². The molecular formula is C17H17Cl2N. The van der Waals surface area contributed by atoms with E-state index in [9.17, 15) is 0 Å². The van der Waals surface area contributed by atoms with Crippen LogP contribution in [0.15, 0.2) is 36.4 Å². The highest BCUT2D eigenvalue weighted by atomic mass is 35.5. The quantitative estimate of drug-likeness (QED) is 0.816. The topological polar surface area (TPSA) is 12.0 Å². The van der Waals surface area contributed by atoms with Crippen LogP contribution in [-0.2, 0) is 6.54 Å². The number of rotatable bonds is 4. The largest absolute Gasteiger partial charge is 0.310 e. The monoisotopic (exact) mass is 305 g/mol. The van der Waals surface area contributed by atoms with E-state index < -0.39 is 0 Å². The molecule has 0 radical (unpaired) electrons. The minimum Gasteiger partial charge on any atom is -0.310 e. The van der Waals surface area contributed by atoms with Crippen LogP contribution in [0.4, 0.5) is 0 Å². The van der Waals surface area contributed by atoms with Crippen molar-refractivity contribution in [3.8, 4) is 11.1 Å². The Morgan fingerprint density at radius 2 is 1.85 bits per heavy atom. The maximum absolute atomic E-state index is 6.32. The highest BCUT2D eigenvalue weighted by Crippen LogP contribution is 2.33. The van der Waals surface area contributed by atoms with Crippen molar-refractivity contribution >= 4 is 23.2 Å². The lowest BCUT2D eigenvalue weighted by Crippen LogP contribution is -2.15. The van der Waals surface area contributed by atoms with Gasteiger partial charge in [-0.1, -0.05) is 35.3 Å². The van der Waals surface area contributed by atoms with E-state index in [1.807, 2.05) is 18.2 Å². The SMILES string of the molecule is Cc1ccc(CNC2CC2)cc1-c1cc(Cl)ccc1Cl. The third-order valence-corrected chi connectivity index (χ3v) is 4.26. The second-order valence-corrected chi connectivity index (χ2v) is 6.27. The lowest BCUT2D eigenvalue weighted by Gasteiger charge is -2.12. The summed E-state index contributed by atoms with van der Waals surface area (Å²) in [7, 11) is 0. The molecule has 1 aliphatic rings. The zero-order valence-corrected chi connectivity index (χ0v) is 12.9. The normalized spacial score (nSPS) is 14.6. The fourth-order valence-corrected chi connectivity index (χ4v) is 2.71. The molecule has 1 saturated carbocycles. The lowest BCUT2D eigenvalue weighted by atomic mass is 9.98. The highest BCUT2D eigenvalue weighted by Gasteiger charge is 2.20. The molecule has 3 heteroatoms. The lowest BCUT2D eigenvalue weighted by molar-refractivity contribution is 0.688. The molecule has 1 fully saturated rings. The number of hydrogen-bond donors (Lipinski definition) is 1. The molecule has 1 aliphatic carbocycles. The molecule has 0 unspecified atom stereocenters. The molecule has 0 aromatic heterocycles. The molecular weight excluding hydrogens is 289 g/mol. The first-order chi connectivity index (χ1) is 9.63. The van der Waals surface area contributed by atoms with Gasteiger partial charge in [-0.2, -0.15) is 0 Å². The number of hydrogen-bond acceptors (Lipinski definition) is 1. The van der Waals surface area contributed by atoms with Gasteiger partial charge in [0, 0.05) is 28.2 Å². The Labute approximate surface area is 129 Å². The summed E-state index contributed by atoms with van der Waals surface area (Å²) in [5.41, 5.74) is 4.66. The van der Waals surface area contributed by atoms with Crippen LogP contribution in [-0.4, -0.2) is 6.04 Å². The van der Waals surface area contributed by atoms with Gasteiger partial charge >= 0.3 is 0 Å². The van der Waals surface area contributed by atoms with Gasteiger partial charge in [-0.3, -0.25) is 0 Å². The standard InChI is InChI=1S/C17H17Cl2N/c1-11-2-3-12(10-20-14-5-6-14)8-15(11)16-9-13(18)4-7-17(16)19/h2-4,7-9,14,20H,5-6,10H2,1H3. The van der Waals surface area contributed by atoms with Crippen LogP contribution in [0.3, 0.4) is 0 Å². The molecule has 3 rings (SSSR count). The predicted molar refractivity (Wildman–Crippen MR) is 86.5 cm³/mol. The number of benzene rings is 2. The first-order valence-electron chi connectivity index (χ1n) is 6.92. The van der Waals surface area contributed by atoms with Crippen molar-refractivity contribution in [1.29, 1.82) is 0 Å². The van der Waals surface area contributed by atoms with E-state index in [-0.39, 0.29) is 0 Å². The summed E-state index contributed by atoms with van der Waals surface area (Å²) in [6.07, 6.45) is 2.61. The average Bonchev–Trinajstić information content (AvgIpc) is 3.25. The molecule has 1 nitrogen and oxygen atoms in total. The van der Waals surface area contributed by atoms with E-state index in [4.69, 9.17) is 23.2 Å². The van der Waals surface area contributed by atoms with Crippen molar-refractivity contribution in [2.75, 3.05) is 0 Å². The van der Waals surface area contributed by atoms with Crippen LogP contribution >= 0.6 is 23.2 Å². The Balaban J connectivity index is 1.94. The van der Waals surface area contributed by atoms with Crippen LogP contribution in [0, 0.1) is 6.92 Å². The van der Waals surface area contributed by atoms with E-state index in [1.54, 1.807) is 0 Å². The molecule has 0 aliphatic heterocycles. The van der Waals surface area contributed by atoms with Gasteiger partial charge in [-0.25, -0.2) is 0 Å². The van der Waals surface area contributed by atoms with E-state index in [0.717, 1.165) is 28.7 Å². The molecule has 0 spiro atoms. The Hall–Kier alpha value is -1.02. The van der Waals surface area contributed by atoms with E-state index in [2.05, 4.69) is 30.4 Å². The zero-order valence-electron chi connectivity index (χ0n) is 11.4. The van der Waals surface area contributed by atoms with Crippen LogP contribution in [0.2, 0.25) is 10.0 Å². The molecule has 0 atom stereocenters. The molecule has 2 aromatic carbocycles. The second-order valence-electron chi connectivity index (χ2n) is 5.43. The average molecular weight is 306 g/mol. The summed E-state index contributed by atoms with van der Waals surface area (Å²) in [4.78, 5) is 0. The summed E-state index contributed by atoms with van der Waals surface area (Å²) in [5, 5.41) is 4.99. The molecule has 0 amide bonds. The maximum Gasteiger partial charge on any atom is 0.0485 e. The summed E-state index contributed by atoms with van der Waals surface area (Å²) in [6.45, 7) is 3.01. The van der Waals surface area contributed by atoms with Crippen LogP contribution in [0.25, 0.3) is 11.1 Å². The Morgan fingerprint density at radius 3 is 2.60 bits per heavy atom. The van der Waals surface area contributed by atoms with Gasteiger partial charge in [-0.15, -0.1) is 0 Å². The fraction of sp³-hybridized carbons (Fsp3) is 0.294. The minimum atomic E-state index is 0.713. The van der Waals surface area contributed by atoms with Crippen molar-refractivity contribution in [2.45, 2.75) is 32.4 Å². The third-order valence-electron chi connectivity index (χ3n) is 3.69. The van der Waals surface area contributed by atoms with Crippen LogP contribution in [0.1, 0.15) is 24.0 Å². The predicted octanol–water partition coefficient (Wildman–Crippen LogP) is 5.22. The molecule has 0 bridgehead atoms. The molecule has 0 heterocycles. The zero-order chi connectivity index (χ0) is 14.1. The van der Waals surface area contributed by atoms with Crippen molar-refractivity contribution in [1.82, 2.24) is 5.32 Å². The Morgan fingerprint density at radius 1 is 1.05 bits per heavy atom. The Bertz CT molecular complexity index is 633. The van der Waals surface area contributed by atoms with Crippen LogP contribution in [0.5, 0.6) is 0 Å². The van der Waals surface area contributed by atoms with Crippen molar-refractivity contribution in [2.24, 2.45) is 0 Å². The Kier molecular flexibility index (Phi) is 4.02. The van der Waals surface area contributed by atoms with E-state index >= 15 is 0 Å². The smallest absolute Gasteiger partial charge is 0.0485 e. The first-order valence-corrected chi connectivity index (χ1v) is 7.67. The van der Waals surface area contributed by atoms with Gasteiger partial charge in [0.15, 0.2) is 0 Å². The maximum atomic E-state index is 6.32. The number of nitrogens with one attached hydrogen (secondary N) is 1. The summed E-state index contributed by atoms with van der Waals surface area (Å²) < 4.78 is 0. The molecule has 104 valence electrons. The van der Waals surface area contributed by atoms with E-state index in [0.29, 0.717) is 5.02 Å². The molecule has 20 heavy (non-hydrogen) atoms. The fourth-order valence-electron chi connectivity index (χ4n) is 2.32. The van der Waals surface area contributed by atoms with Crippen molar-refractivity contribution in [3.05, 3.63) is 57.6 Å². The summed E-state index contributed by atoms with van der Waals surface area (Å²) in [5.74, 6) is 0. The van der Waals surface area contributed by atoms with Crippen molar-refractivity contribution < 1.29 is 0 Å². The minimum absolute atomic E-state index is 0.713. The van der Waals surface area contributed by atoms with Gasteiger partial charge in [-0.05, 0) is 60.7 Å². The second kappa shape index (κ2) is 5.77. The molecule has 2 aromatic rings. The van der Waals surface area contributed by atoms with Crippen LogP contribution < -0.4 is 5.32 Å². The highest BCUT2D eigenvalue weighted by molar-refractivity contribution is 6.35. The number of halogens is 2. The first kappa shape index (κ1) is 13.9. The van der Waals surface area contributed by atoms with Gasteiger partial charge in [0.2, 0.25) is 0 Å².